The zero-order valence-corrected chi connectivity index (χ0v) is 8.92. The number of alkyl halides is 1. The number of nitrogens with two attached hydrogens (primary N) is 1. The Morgan fingerprint density at radius 3 is 2.80 bits per heavy atom. The third-order valence-corrected chi connectivity index (χ3v) is 2.28. The fraction of sp³-hybridized carbons (Fsp3) is 0.300. The Balaban J connectivity index is 3.03. The topological polar surface area (TPSA) is 52.3 Å². The summed E-state index contributed by atoms with van der Waals surface area (Å²) in [6.45, 7) is -0.117. The van der Waals surface area contributed by atoms with Gasteiger partial charge in [-0.15, -0.1) is 0 Å². The van der Waals surface area contributed by atoms with E-state index in [1.807, 2.05) is 0 Å². The van der Waals surface area contributed by atoms with Gasteiger partial charge in [0.15, 0.2) is 0 Å². The molecule has 0 heterocycles. The first kappa shape index (κ1) is 11.9. The monoisotopic (exact) mass is 231 g/mol. The third kappa shape index (κ3) is 2.67. The highest BCUT2D eigenvalue weighted by Gasteiger charge is 2.14. The molecule has 0 radical (unpaired) electrons. The first-order valence-corrected chi connectivity index (χ1v) is 4.69. The minimum Gasteiger partial charge on any atom is -0.465 e. The molecule has 0 spiro atoms. The molecule has 1 rings (SSSR count). The molecule has 1 aromatic carbocycles. The van der Waals surface area contributed by atoms with Gasteiger partial charge in [-0.25, -0.2) is 9.18 Å². The Kier molecular flexibility index (Phi) is 4.05. The Morgan fingerprint density at radius 1 is 1.67 bits per heavy atom. The molecule has 0 fully saturated rings. The van der Waals surface area contributed by atoms with Crippen LogP contribution in [-0.2, 0) is 4.74 Å². The van der Waals surface area contributed by atoms with Crippen molar-refractivity contribution in [1.82, 2.24) is 0 Å². The number of hydrogen-bond acceptors (Lipinski definition) is 3. The number of ether oxygens (including phenoxy) is 1. The zero-order valence-electron chi connectivity index (χ0n) is 8.17. The van der Waals surface area contributed by atoms with E-state index in [0.717, 1.165) is 0 Å². The van der Waals surface area contributed by atoms with E-state index in [4.69, 9.17) is 17.3 Å². The summed E-state index contributed by atoms with van der Waals surface area (Å²) in [5, 5.41) is 0.162. The van der Waals surface area contributed by atoms with Gasteiger partial charge in [0.2, 0.25) is 0 Å². The van der Waals surface area contributed by atoms with Crippen molar-refractivity contribution in [2.24, 2.45) is 5.73 Å². The van der Waals surface area contributed by atoms with Gasteiger partial charge in [-0.3, -0.25) is 0 Å². The maximum atomic E-state index is 13.2. The third-order valence-electron chi connectivity index (χ3n) is 1.97. The van der Waals surface area contributed by atoms with Crippen LogP contribution in [0, 0.1) is 0 Å². The number of hydrogen-bond donors (Lipinski definition) is 1. The predicted octanol–water partition coefficient (Wildman–Crippen LogP) is 2.10. The molecule has 5 heteroatoms. The fourth-order valence-corrected chi connectivity index (χ4v) is 1.40. The van der Waals surface area contributed by atoms with E-state index in [1.54, 1.807) is 0 Å². The average molecular weight is 232 g/mol. The van der Waals surface area contributed by atoms with Crippen molar-refractivity contribution >= 4 is 17.6 Å². The molecule has 0 saturated heterocycles. The molecule has 1 atom stereocenters. The van der Waals surface area contributed by atoms with E-state index < -0.39 is 12.1 Å². The molecule has 1 unspecified atom stereocenters. The van der Waals surface area contributed by atoms with E-state index in [9.17, 15) is 9.18 Å². The van der Waals surface area contributed by atoms with Crippen LogP contribution in [-0.4, -0.2) is 19.6 Å². The largest absolute Gasteiger partial charge is 0.465 e. The van der Waals surface area contributed by atoms with E-state index in [0.29, 0.717) is 5.56 Å². The van der Waals surface area contributed by atoms with Crippen LogP contribution in [0.1, 0.15) is 22.1 Å². The van der Waals surface area contributed by atoms with E-state index in [1.165, 1.54) is 25.3 Å². The Bertz CT molecular complexity index is 370. The molecule has 0 aromatic heterocycles. The quantitative estimate of drug-likeness (QED) is 0.811. The highest BCUT2D eigenvalue weighted by Crippen LogP contribution is 2.23. The van der Waals surface area contributed by atoms with Gasteiger partial charge in [0.1, 0.15) is 6.17 Å². The van der Waals surface area contributed by atoms with Gasteiger partial charge in [-0.05, 0) is 17.7 Å². The molecule has 0 aliphatic heterocycles. The van der Waals surface area contributed by atoms with Crippen molar-refractivity contribution < 1.29 is 13.9 Å². The summed E-state index contributed by atoms with van der Waals surface area (Å²) < 4.78 is 17.7. The minimum atomic E-state index is -1.27. The molecular formula is C10H11ClFNO2. The summed E-state index contributed by atoms with van der Waals surface area (Å²) in [6, 6.07) is 4.27. The molecule has 0 amide bonds. The second-order valence-electron chi connectivity index (χ2n) is 2.93. The zero-order chi connectivity index (χ0) is 11.4. The summed E-state index contributed by atoms with van der Waals surface area (Å²) in [6.07, 6.45) is -1.27. The van der Waals surface area contributed by atoms with E-state index >= 15 is 0 Å². The normalized spacial score (nSPS) is 12.3. The molecule has 0 saturated carbocycles. The molecule has 0 aliphatic rings. The highest BCUT2D eigenvalue weighted by molar-refractivity contribution is 6.33. The second-order valence-corrected chi connectivity index (χ2v) is 3.34. The molecular weight excluding hydrogens is 221 g/mol. The Labute approximate surface area is 92.0 Å². The lowest BCUT2D eigenvalue weighted by atomic mass is 10.1. The standard InChI is InChI=1S/C10H11ClFNO2/c1-15-10(14)7-3-2-6(4-8(7)11)9(12)5-13/h2-4,9H,5,13H2,1H3. The molecule has 1 aromatic rings. The number of rotatable bonds is 3. The number of carbonyl (C=O) groups is 1. The van der Waals surface area contributed by atoms with Crippen LogP contribution in [0.5, 0.6) is 0 Å². The summed E-state index contributed by atoms with van der Waals surface area (Å²) in [4.78, 5) is 11.2. The van der Waals surface area contributed by atoms with Gasteiger partial charge >= 0.3 is 5.97 Å². The van der Waals surface area contributed by atoms with Crippen molar-refractivity contribution in [2.75, 3.05) is 13.7 Å². The summed E-state index contributed by atoms with van der Waals surface area (Å²) in [5.41, 5.74) is 5.74. The lowest BCUT2D eigenvalue weighted by Crippen LogP contribution is -2.08. The van der Waals surface area contributed by atoms with Crippen LogP contribution < -0.4 is 5.73 Å². The van der Waals surface area contributed by atoms with Crippen LogP contribution in [0.3, 0.4) is 0 Å². The number of halogens is 2. The lowest BCUT2D eigenvalue weighted by Gasteiger charge is -2.08. The molecule has 3 nitrogen and oxygen atoms in total. The van der Waals surface area contributed by atoms with E-state index in [-0.39, 0.29) is 17.1 Å². The lowest BCUT2D eigenvalue weighted by molar-refractivity contribution is 0.0601. The van der Waals surface area contributed by atoms with Crippen molar-refractivity contribution in [3.05, 3.63) is 34.3 Å². The minimum absolute atomic E-state index is 0.117. The van der Waals surface area contributed by atoms with Crippen LogP contribution in [0.15, 0.2) is 18.2 Å². The Hall–Kier alpha value is -1.13. The van der Waals surface area contributed by atoms with Crippen LogP contribution in [0.25, 0.3) is 0 Å². The average Bonchev–Trinajstić information content (AvgIpc) is 2.26. The number of methoxy groups -OCH3 is 1. The van der Waals surface area contributed by atoms with Crippen molar-refractivity contribution in [1.29, 1.82) is 0 Å². The summed E-state index contributed by atoms with van der Waals surface area (Å²) in [5.74, 6) is -0.547. The van der Waals surface area contributed by atoms with Gasteiger partial charge in [0.05, 0.1) is 17.7 Å². The van der Waals surface area contributed by atoms with Crippen molar-refractivity contribution in [3.8, 4) is 0 Å². The number of benzene rings is 1. The smallest absolute Gasteiger partial charge is 0.339 e. The first-order valence-electron chi connectivity index (χ1n) is 4.32. The molecule has 0 aliphatic carbocycles. The van der Waals surface area contributed by atoms with Gasteiger partial charge in [0, 0.05) is 6.54 Å². The Morgan fingerprint density at radius 2 is 2.33 bits per heavy atom. The number of carbonyl (C=O) groups excluding carboxylic acids is 1. The summed E-state index contributed by atoms with van der Waals surface area (Å²) in [7, 11) is 1.25. The second kappa shape index (κ2) is 5.09. The maximum Gasteiger partial charge on any atom is 0.339 e. The van der Waals surface area contributed by atoms with Gasteiger partial charge < -0.3 is 10.5 Å². The van der Waals surface area contributed by atoms with Crippen molar-refractivity contribution in [2.45, 2.75) is 6.17 Å². The van der Waals surface area contributed by atoms with Crippen molar-refractivity contribution in [3.63, 3.8) is 0 Å². The maximum absolute atomic E-state index is 13.2. The van der Waals surface area contributed by atoms with Crippen LogP contribution in [0.4, 0.5) is 4.39 Å². The predicted molar refractivity (Wildman–Crippen MR) is 55.7 cm³/mol. The number of esters is 1. The van der Waals surface area contributed by atoms with Crippen LogP contribution >= 0.6 is 11.6 Å². The van der Waals surface area contributed by atoms with Gasteiger partial charge in [-0.2, -0.15) is 0 Å². The van der Waals surface area contributed by atoms with Gasteiger partial charge in [0.25, 0.3) is 0 Å². The molecule has 15 heavy (non-hydrogen) atoms. The first-order chi connectivity index (χ1) is 7.10. The molecule has 2 N–H and O–H groups in total. The molecule has 82 valence electrons. The van der Waals surface area contributed by atoms with Gasteiger partial charge in [-0.1, -0.05) is 17.7 Å². The van der Waals surface area contributed by atoms with E-state index in [2.05, 4.69) is 4.74 Å². The molecule has 0 bridgehead atoms. The van der Waals surface area contributed by atoms with Crippen LogP contribution in [0.2, 0.25) is 5.02 Å². The summed E-state index contributed by atoms with van der Waals surface area (Å²) >= 11 is 5.80. The highest BCUT2D eigenvalue weighted by atomic mass is 35.5. The SMILES string of the molecule is COC(=O)c1ccc(C(F)CN)cc1Cl. The fourth-order valence-electron chi connectivity index (χ4n) is 1.14.